The molecule has 0 N–H and O–H groups in total. The van der Waals surface area contributed by atoms with Gasteiger partial charge in [-0.1, -0.05) is 31.2 Å². The van der Waals surface area contributed by atoms with Crippen molar-refractivity contribution >= 4 is 0 Å². The zero-order valence-corrected chi connectivity index (χ0v) is 16.1. The topological polar surface area (TPSA) is 21.7 Å². The fourth-order valence-electron chi connectivity index (χ4n) is 4.67. The second-order valence-electron chi connectivity index (χ2n) is 7.54. The van der Waals surface area contributed by atoms with Crippen LogP contribution in [0, 0.1) is 0 Å². The van der Waals surface area contributed by atoms with E-state index < -0.39 is 0 Å². The number of aryl methyl sites for hydroxylation is 1. The molecule has 1 saturated heterocycles. The van der Waals surface area contributed by atoms with Gasteiger partial charge in [-0.3, -0.25) is 4.90 Å². The number of hydrogen-bond acceptors (Lipinski definition) is 3. The van der Waals surface area contributed by atoms with E-state index in [1.54, 1.807) is 14.2 Å². The lowest BCUT2D eigenvalue weighted by Crippen LogP contribution is -2.41. The minimum Gasteiger partial charge on any atom is -0.493 e. The average Bonchev–Trinajstić information content (AvgIpc) is 2.72. The third kappa shape index (κ3) is 3.09. The molecule has 2 aromatic carbocycles. The van der Waals surface area contributed by atoms with Crippen molar-refractivity contribution in [2.24, 2.45) is 0 Å². The molecule has 1 fully saturated rings. The average molecular weight is 351 g/mol. The third-order valence-electron chi connectivity index (χ3n) is 6.22. The van der Waals surface area contributed by atoms with E-state index in [0.717, 1.165) is 37.4 Å². The van der Waals surface area contributed by atoms with E-state index in [2.05, 4.69) is 48.2 Å². The summed E-state index contributed by atoms with van der Waals surface area (Å²) in [5.41, 5.74) is 5.79. The van der Waals surface area contributed by atoms with Gasteiger partial charge in [0.15, 0.2) is 11.5 Å². The summed E-state index contributed by atoms with van der Waals surface area (Å²) in [5, 5.41) is 0. The second kappa shape index (κ2) is 7.32. The SMILES string of the molecule is CCc1ccc(C2CCC3c4cc(OC)c(OC)cc4CCN3C2)cc1. The van der Waals surface area contributed by atoms with Crippen LogP contribution in [-0.4, -0.2) is 32.2 Å². The van der Waals surface area contributed by atoms with Crippen molar-refractivity contribution in [3.8, 4) is 11.5 Å². The lowest BCUT2D eigenvalue weighted by atomic mass is 9.81. The Balaban J connectivity index is 1.56. The fraction of sp³-hybridized carbons (Fsp3) is 0.478. The van der Waals surface area contributed by atoms with E-state index >= 15 is 0 Å². The van der Waals surface area contributed by atoms with E-state index in [4.69, 9.17) is 9.47 Å². The van der Waals surface area contributed by atoms with Gasteiger partial charge in [0, 0.05) is 19.1 Å². The molecule has 0 amide bonds. The monoisotopic (exact) mass is 351 g/mol. The molecule has 3 nitrogen and oxygen atoms in total. The molecule has 4 rings (SSSR count). The molecular weight excluding hydrogens is 322 g/mol. The maximum atomic E-state index is 5.55. The second-order valence-corrected chi connectivity index (χ2v) is 7.54. The number of ether oxygens (including phenoxy) is 2. The van der Waals surface area contributed by atoms with Crippen molar-refractivity contribution in [1.82, 2.24) is 4.90 Å². The van der Waals surface area contributed by atoms with E-state index in [9.17, 15) is 0 Å². The molecule has 26 heavy (non-hydrogen) atoms. The Morgan fingerprint density at radius 2 is 1.73 bits per heavy atom. The van der Waals surface area contributed by atoms with Gasteiger partial charge in [0.25, 0.3) is 0 Å². The van der Waals surface area contributed by atoms with Crippen LogP contribution in [0.4, 0.5) is 0 Å². The zero-order chi connectivity index (χ0) is 18.1. The zero-order valence-electron chi connectivity index (χ0n) is 16.1. The summed E-state index contributed by atoms with van der Waals surface area (Å²) < 4.78 is 11.0. The lowest BCUT2D eigenvalue weighted by molar-refractivity contribution is 0.123. The Bertz CT molecular complexity index is 769. The first-order valence-corrected chi connectivity index (χ1v) is 9.81. The minimum atomic E-state index is 0.518. The summed E-state index contributed by atoms with van der Waals surface area (Å²) in [7, 11) is 3.44. The highest BCUT2D eigenvalue weighted by Crippen LogP contribution is 2.44. The van der Waals surface area contributed by atoms with Crippen LogP contribution in [-0.2, 0) is 12.8 Å². The van der Waals surface area contributed by atoms with Crippen LogP contribution in [0.5, 0.6) is 11.5 Å². The molecule has 2 aliphatic heterocycles. The van der Waals surface area contributed by atoms with Crippen molar-refractivity contribution in [2.45, 2.75) is 44.6 Å². The highest BCUT2D eigenvalue weighted by Gasteiger charge is 2.34. The molecule has 2 heterocycles. The van der Waals surface area contributed by atoms with E-state index in [1.807, 2.05) is 0 Å². The summed E-state index contributed by atoms with van der Waals surface area (Å²) >= 11 is 0. The standard InChI is InChI=1S/C23H29NO2/c1-4-16-5-7-17(8-6-16)19-9-10-21-20-14-23(26-3)22(25-2)13-18(20)11-12-24(21)15-19/h5-8,13-14,19,21H,4,9-12,15H2,1-3H3. The molecule has 2 atom stereocenters. The molecule has 2 aliphatic rings. The van der Waals surface area contributed by atoms with Crippen molar-refractivity contribution in [1.29, 1.82) is 0 Å². The Morgan fingerprint density at radius 1 is 1.00 bits per heavy atom. The molecular formula is C23H29NO2. The minimum absolute atomic E-state index is 0.518. The quantitative estimate of drug-likeness (QED) is 0.794. The Kier molecular flexibility index (Phi) is 4.90. The van der Waals surface area contributed by atoms with Gasteiger partial charge in [-0.05, 0) is 66.0 Å². The van der Waals surface area contributed by atoms with Crippen LogP contribution >= 0.6 is 0 Å². The number of piperidine rings is 1. The molecule has 0 saturated carbocycles. The summed E-state index contributed by atoms with van der Waals surface area (Å²) in [4.78, 5) is 2.68. The first-order chi connectivity index (χ1) is 12.7. The van der Waals surface area contributed by atoms with Gasteiger partial charge in [-0.15, -0.1) is 0 Å². The normalized spacial score (nSPS) is 22.4. The summed E-state index contributed by atoms with van der Waals surface area (Å²) in [6.45, 7) is 4.51. The van der Waals surface area contributed by atoms with Crippen molar-refractivity contribution < 1.29 is 9.47 Å². The van der Waals surface area contributed by atoms with E-state index in [1.165, 1.54) is 35.1 Å². The van der Waals surface area contributed by atoms with Crippen LogP contribution in [0.2, 0.25) is 0 Å². The van der Waals surface area contributed by atoms with Gasteiger partial charge in [0.05, 0.1) is 14.2 Å². The Morgan fingerprint density at radius 3 is 2.42 bits per heavy atom. The van der Waals surface area contributed by atoms with Crippen LogP contribution in [0.3, 0.4) is 0 Å². The lowest BCUT2D eigenvalue weighted by Gasteiger charge is -2.44. The highest BCUT2D eigenvalue weighted by molar-refractivity contribution is 5.49. The van der Waals surface area contributed by atoms with Gasteiger partial charge in [-0.2, -0.15) is 0 Å². The molecule has 0 aliphatic carbocycles. The first-order valence-electron chi connectivity index (χ1n) is 9.81. The largest absolute Gasteiger partial charge is 0.493 e. The van der Waals surface area contributed by atoms with Crippen LogP contribution in [0.15, 0.2) is 36.4 Å². The number of methoxy groups -OCH3 is 2. The predicted octanol–water partition coefficient (Wildman–Crippen LogP) is 4.74. The van der Waals surface area contributed by atoms with Crippen LogP contribution in [0.1, 0.15) is 54.0 Å². The number of benzene rings is 2. The molecule has 3 heteroatoms. The summed E-state index contributed by atoms with van der Waals surface area (Å²) in [6, 6.07) is 14.2. The molecule has 0 radical (unpaired) electrons. The van der Waals surface area contributed by atoms with Crippen molar-refractivity contribution in [3.05, 3.63) is 58.7 Å². The molecule has 0 aromatic heterocycles. The van der Waals surface area contributed by atoms with Crippen molar-refractivity contribution in [3.63, 3.8) is 0 Å². The van der Waals surface area contributed by atoms with Crippen molar-refractivity contribution in [2.75, 3.05) is 27.3 Å². The number of hydrogen-bond donors (Lipinski definition) is 0. The van der Waals surface area contributed by atoms with Gasteiger partial charge in [0.1, 0.15) is 0 Å². The van der Waals surface area contributed by atoms with Gasteiger partial charge >= 0.3 is 0 Å². The molecule has 138 valence electrons. The third-order valence-corrected chi connectivity index (χ3v) is 6.22. The molecule has 0 spiro atoms. The maximum absolute atomic E-state index is 5.55. The van der Waals surface area contributed by atoms with Crippen LogP contribution < -0.4 is 9.47 Å². The molecule has 2 aromatic rings. The number of fused-ring (bicyclic) bond motifs is 3. The van der Waals surface area contributed by atoms with E-state index in [0.29, 0.717) is 12.0 Å². The Hall–Kier alpha value is -2.00. The fourth-order valence-corrected chi connectivity index (χ4v) is 4.67. The van der Waals surface area contributed by atoms with Gasteiger partial charge in [0.2, 0.25) is 0 Å². The Labute approximate surface area is 156 Å². The van der Waals surface area contributed by atoms with E-state index in [-0.39, 0.29) is 0 Å². The first kappa shape index (κ1) is 17.4. The molecule has 0 bridgehead atoms. The maximum Gasteiger partial charge on any atom is 0.161 e. The highest BCUT2D eigenvalue weighted by atomic mass is 16.5. The van der Waals surface area contributed by atoms with Gasteiger partial charge in [-0.25, -0.2) is 0 Å². The smallest absolute Gasteiger partial charge is 0.161 e. The number of nitrogens with zero attached hydrogens (tertiary/aromatic N) is 1. The summed E-state index contributed by atoms with van der Waals surface area (Å²) in [5.74, 6) is 2.36. The number of rotatable bonds is 4. The predicted molar refractivity (Wildman–Crippen MR) is 105 cm³/mol. The summed E-state index contributed by atoms with van der Waals surface area (Å²) in [6.07, 6.45) is 4.66. The van der Waals surface area contributed by atoms with Gasteiger partial charge < -0.3 is 9.47 Å². The van der Waals surface area contributed by atoms with Crippen LogP contribution in [0.25, 0.3) is 0 Å². The molecule has 2 unspecified atom stereocenters.